The highest BCUT2D eigenvalue weighted by Gasteiger charge is 2.05. The first-order chi connectivity index (χ1) is 7.52. The third kappa shape index (κ3) is 3.63. The van der Waals surface area contributed by atoms with E-state index in [1.807, 2.05) is 0 Å². The maximum Gasteiger partial charge on any atom is 0.0625 e. The van der Waals surface area contributed by atoms with Crippen LogP contribution in [-0.4, -0.2) is 22.9 Å². The van der Waals surface area contributed by atoms with Crippen LogP contribution in [0.1, 0.15) is 37.2 Å². The smallest absolute Gasteiger partial charge is 0.0625 e. The Balaban J connectivity index is 2.29. The van der Waals surface area contributed by atoms with Crippen molar-refractivity contribution in [2.24, 2.45) is 5.92 Å². The lowest BCUT2D eigenvalue weighted by Gasteiger charge is -2.08. The Bertz CT molecular complexity index is 326. The summed E-state index contributed by atoms with van der Waals surface area (Å²) in [6.07, 6.45) is 1.25. The highest BCUT2D eigenvalue weighted by atomic mass is 15.3. The van der Waals surface area contributed by atoms with Crippen LogP contribution in [0.2, 0.25) is 0 Å². The first-order valence-electron chi connectivity index (χ1n) is 6.23. The van der Waals surface area contributed by atoms with Gasteiger partial charge in [0, 0.05) is 12.2 Å². The Morgan fingerprint density at radius 3 is 2.38 bits per heavy atom. The Hall–Kier alpha value is -0.830. The predicted octanol–water partition coefficient (Wildman–Crippen LogP) is 2.44. The van der Waals surface area contributed by atoms with Gasteiger partial charge in [-0.15, -0.1) is 0 Å². The molecule has 0 amide bonds. The Kier molecular flexibility index (Phi) is 5.00. The van der Waals surface area contributed by atoms with Gasteiger partial charge in [0.15, 0.2) is 0 Å². The van der Waals surface area contributed by atoms with E-state index in [-0.39, 0.29) is 0 Å². The first-order valence-corrected chi connectivity index (χ1v) is 6.23. The average Bonchev–Trinajstić information content (AvgIpc) is 2.45. The third-order valence-corrected chi connectivity index (χ3v) is 3.14. The van der Waals surface area contributed by atoms with E-state index >= 15 is 0 Å². The summed E-state index contributed by atoms with van der Waals surface area (Å²) in [6.45, 7) is 14.0. The average molecular weight is 223 g/mol. The lowest BCUT2D eigenvalue weighted by molar-refractivity contribution is 0.500. The van der Waals surface area contributed by atoms with E-state index in [9.17, 15) is 0 Å². The van der Waals surface area contributed by atoms with Crippen LogP contribution in [-0.2, 0) is 6.54 Å². The summed E-state index contributed by atoms with van der Waals surface area (Å²) < 4.78 is 2.10. The molecule has 0 saturated carbocycles. The second-order valence-electron chi connectivity index (χ2n) is 4.95. The zero-order valence-electron chi connectivity index (χ0n) is 11.3. The predicted molar refractivity (Wildman–Crippen MR) is 68.8 cm³/mol. The van der Waals surface area contributed by atoms with E-state index in [1.165, 1.54) is 17.7 Å². The molecular weight excluding hydrogens is 198 g/mol. The van der Waals surface area contributed by atoms with Crippen molar-refractivity contribution in [2.45, 2.75) is 47.6 Å². The summed E-state index contributed by atoms with van der Waals surface area (Å²) >= 11 is 0. The molecule has 0 atom stereocenters. The molecule has 3 nitrogen and oxygen atoms in total. The van der Waals surface area contributed by atoms with Crippen LogP contribution in [0.5, 0.6) is 0 Å². The maximum atomic E-state index is 4.52. The minimum absolute atomic E-state index is 0.781. The van der Waals surface area contributed by atoms with E-state index in [4.69, 9.17) is 0 Å². The molecular formula is C13H25N3. The van der Waals surface area contributed by atoms with E-state index in [1.54, 1.807) is 0 Å². The van der Waals surface area contributed by atoms with Crippen LogP contribution < -0.4 is 5.32 Å². The van der Waals surface area contributed by atoms with Gasteiger partial charge in [-0.1, -0.05) is 13.8 Å². The molecule has 0 radical (unpaired) electrons. The molecule has 0 bridgehead atoms. The lowest BCUT2D eigenvalue weighted by Crippen LogP contribution is -2.23. The minimum atomic E-state index is 0.781. The summed E-state index contributed by atoms with van der Waals surface area (Å²) in [5.41, 5.74) is 3.77. The van der Waals surface area contributed by atoms with E-state index < -0.39 is 0 Å². The molecule has 3 heteroatoms. The molecule has 0 aliphatic rings. The minimum Gasteiger partial charge on any atom is -0.315 e. The molecule has 1 heterocycles. The number of aryl methyl sites for hydroxylation is 1. The second kappa shape index (κ2) is 6.04. The van der Waals surface area contributed by atoms with Crippen molar-refractivity contribution in [2.75, 3.05) is 13.1 Å². The van der Waals surface area contributed by atoms with Gasteiger partial charge in [0.05, 0.1) is 12.2 Å². The highest BCUT2D eigenvalue weighted by Crippen LogP contribution is 2.10. The van der Waals surface area contributed by atoms with Crippen molar-refractivity contribution in [3.8, 4) is 0 Å². The normalized spacial score (nSPS) is 11.4. The summed E-state index contributed by atoms with van der Waals surface area (Å²) in [5, 5.41) is 7.98. The van der Waals surface area contributed by atoms with Gasteiger partial charge in [-0.25, -0.2) is 0 Å². The van der Waals surface area contributed by atoms with Crippen LogP contribution in [0.25, 0.3) is 0 Å². The molecule has 1 rings (SSSR count). The maximum absolute atomic E-state index is 4.52. The largest absolute Gasteiger partial charge is 0.315 e. The monoisotopic (exact) mass is 223 g/mol. The zero-order valence-corrected chi connectivity index (χ0v) is 11.3. The van der Waals surface area contributed by atoms with Gasteiger partial charge in [0.25, 0.3) is 0 Å². The van der Waals surface area contributed by atoms with E-state index in [0.29, 0.717) is 0 Å². The fourth-order valence-electron chi connectivity index (χ4n) is 1.70. The lowest BCUT2D eigenvalue weighted by atomic mass is 10.1. The van der Waals surface area contributed by atoms with Gasteiger partial charge in [-0.2, -0.15) is 5.10 Å². The topological polar surface area (TPSA) is 29.9 Å². The summed E-state index contributed by atoms with van der Waals surface area (Å²) in [6, 6.07) is 0. The molecule has 1 N–H and O–H groups in total. The molecule has 0 aliphatic carbocycles. The van der Waals surface area contributed by atoms with Crippen molar-refractivity contribution in [3.63, 3.8) is 0 Å². The van der Waals surface area contributed by atoms with E-state index in [0.717, 1.165) is 31.2 Å². The van der Waals surface area contributed by atoms with Crippen LogP contribution in [0.4, 0.5) is 0 Å². The molecule has 0 saturated heterocycles. The molecule has 16 heavy (non-hydrogen) atoms. The Morgan fingerprint density at radius 1 is 1.19 bits per heavy atom. The number of hydrogen-bond donors (Lipinski definition) is 1. The first kappa shape index (κ1) is 13.2. The summed E-state index contributed by atoms with van der Waals surface area (Å²) in [5.74, 6) is 0.781. The SMILES string of the molecule is Cc1nn(CCNCCC(C)C)c(C)c1C. The molecule has 0 fully saturated rings. The Labute approximate surface area is 99.2 Å². The van der Waals surface area contributed by atoms with Crippen LogP contribution >= 0.6 is 0 Å². The summed E-state index contributed by atoms with van der Waals surface area (Å²) in [4.78, 5) is 0. The molecule has 0 aromatic carbocycles. The van der Waals surface area contributed by atoms with Crippen LogP contribution in [0.15, 0.2) is 0 Å². The number of nitrogens with zero attached hydrogens (tertiary/aromatic N) is 2. The fraction of sp³-hybridized carbons (Fsp3) is 0.769. The van der Waals surface area contributed by atoms with Crippen LogP contribution in [0, 0.1) is 26.7 Å². The van der Waals surface area contributed by atoms with E-state index in [2.05, 4.69) is 49.7 Å². The molecule has 1 aromatic rings. The van der Waals surface area contributed by atoms with Gasteiger partial charge in [0.1, 0.15) is 0 Å². The standard InChI is InChI=1S/C13H25N3/c1-10(2)6-7-14-8-9-16-13(5)11(3)12(4)15-16/h10,14H,6-9H2,1-5H3. The molecule has 92 valence electrons. The second-order valence-corrected chi connectivity index (χ2v) is 4.95. The van der Waals surface area contributed by atoms with Gasteiger partial charge < -0.3 is 5.32 Å². The van der Waals surface area contributed by atoms with Crippen molar-refractivity contribution in [3.05, 3.63) is 17.0 Å². The number of aromatic nitrogens is 2. The quantitative estimate of drug-likeness (QED) is 0.751. The van der Waals surface area contributed by atoms with Crippen molar-refractivity contribution >= 4 is 0 Å². The van der Waals surface area contributed by atoms with Crippen molar-refractivity contribution in [1.29, 1.82) is 0 Å². The fourth-order valence-corrected chi connectivity index (χ4v) is 1.70. The van der Waals surface area contributed by atoms with Gasteiger partial charge in [-0.05, 0) is 45.2 Å². The number of rotatable bonds is 6. The Morgan fingerprint density at radius 2 is 1.88 bits per heavy atom. The van der Waals surface area contributed by atoms with Gasteiger partial charge >= 0.3 is 0 Å². The molecule has 0 aliphatic heterocycles. The molecule has 0 unspecified atom stereocenters. The molecule has 1 aromatic heterocycles. The zero-order chi connectivity index (χ0) is 12.1. The number of hydrogen-bond acceptors (Lipinski definition) is 2. The van der Waals surface area contributed by atoms with Gasteiger partial charge in [0.2, 0.25) is 0 Å². The van der Waals surface area contributed by atoms with Crippen molar-refractivity contribution < 1.29 is 0 Å². The highest BCUT2D eigenvalue weighted by molar-refractivity contribution is 5.22. The van der Waals surface area contributed by atoms with Gasteiger partial charge in [-0.3, -0.25) is 4.68 Å². The number of nitrogens with one attached hydrogen (secondary N) is 1. The summed E-state index contributed by atoms with van der Waals surface area (Å²) in [7, 11) is 0. The third-order valence-electron chi connectivity index (χ3n) is 3.14. The van der Waals surface area contributed by atoms with Crippen LogP contribution in [0.3, 0.4) is 0 Å². The molecule has 0 spiro atoms. The van der Waals surface area contributed by atoms with Crippen molar-refractivity contribution in [1.82, 2.24) is 15.1 Å².